The summed E-state index contributed by atoms with van der Waals surface area (Å²) in [5.74, 6) is 1.78. The Bertz CT molecular complexity index is 3390. The summed E-state index contributed by atoms with van der Waals surface area (Å²) >= 11 is 0. The summed E-state index contributed by atoms with van der Waals surface area (Å²) < 4.78 is 11.4. The van der Waals surface area contributed by atoms with Gasteiger partial charge >= 0.3 is 0 Å². The molecular weight excluding hydrogens is 629 g/mol. The lowest BCUT2D eigenvalue weighted by Crippen LogP contribution is -2.00. The monoisotopic (exact) mass is 654 g/mol. The maximum atomic E-state index is 5.14. The summed E-state index contributed by atoms with van der Waals surface area (Å²) in [7, 11) is 0. The Balaban J connectivity index is 1.13. The molecule has 6 aromatic heterocycles. The molecule has 0 fully saturated rings. The molecule has 12 aromatic rings. The SMILES string of the molecule is c1cc(-n2c3ccncc3c3ccc(-n4c5ccccc5n5c6ccccc6nc45)cc32)cc(-n2c3ccccc3n3c4ccccc4nc23)c1. The van der Waals surface area contributed by atoms with Gasteiger partial charge in [-0.3, -0.25) is 22.9 Å². The molecule has 8 nitrogen and oxygen atoms in total. The molecule has 0 saturated heterocycles. The third-order valence-corrected chi connectivity index (χ3v) is 10.4. The highest BCUT2D eigenvalue weighted by atomic mass is 15.2. The standard InChI is InChI=1S/C43H26N8/c1-3-14-35-32(12-1)45-42-48(37-16-5-7-18-39(37)50(35)42)28-11-9-10-27(24-28)47-34-22-23-44-26-31(34)30-21-20-29(25-41(30)47)49-38-17-6-8-19-40(38)51-36-15-4-2-13-33(36)46-43(49)51/h1-26H. The van der Waals surface area contributed by atoms with Crippen molar-refractivity contribution in [1.82, 2.24) is 37.5 Å². The second kappa shape index (κ2) is 9.71. The topological polar surface area (TPSA) is 62.3 Å². The first-order valence-electron chi connectivity index (χ1n) is 17.0. The zero-order valence-corrected chi connectivity index (χ0v) is 27.1. The predicted octanol–water partition coefficient (Wildman–Crippen LogP) is 9.67. The Kier molecular flexibility index (Phi) is 5.09. The lowest BCUT2D eigenvalue weighted by molar-refractivity contribution is 1.09. The Morgan fingerprint density at radius 3 is 1.51 bits per heavy atom. The predicted molar refractivity (Wildman–Crippen MR) is 205 cm³/mol. The lowest BCUT2D eigenvalue weighted by atomic mass is 10.2. The molecule has 238 valence electrons. The van der Waals surface area contributed by atoms with Gasteiger partial charge in [0.25, 0.3) is 0 Å². The zero-order chi connectivity index (χ0) is 33.2. The van der Waals surface area contributed by atoms with Crippen molar-refractivity contribution in [2.75, 3.05) is 0 Å². The molecule has 0 atom stereocenters. The summed E-state index contributed by atoms with van der Waals surface area (Å²) in [4.78, 5) is 14.8. The van der Waals surface area contributed by atoms with Crippen molar-refractivity contribution in [2.24, 2.45) is 0 Å². The number of hydrogen-bond donors (Lipinski definition) is 0. The lowest BCUT2D eigenvalue weighted by Gasteiger charge is -2.12. The van der Waals surface area contributed by atoms with Crippen molar-refractivity contribution in [2.45, 2.75) is 0 Å². The van der Waals surface area contributed by atoms with Crippen molar-refractivity contribution in [3.63, 3.8) is 0 Å². The fourth-order valence-corrected chi connectivity index (χ4v) is 8.25. The second-order valence-corrected chi connectivity index (χ2v) is 13.1. The molecule has 12 rings (SSSR count). The molecule has 0 spiro atoms. The van der Waals surface area contributed by atoms with Crippen molar-refractivity contribution < 1.29 is 0 Å². The summed E-state index contributed by atoms with van der Waals surface area (Å²) in [5.41, 5.74) is 13.9. The van der Waals surface area contributed by atoms with Gasteiger partial charge in [-0.15, -0.1) is 0 Å². The van der Waals surface area contributed by atoms with E-state index in [1.807, 2.05) is 24.5 Å². The summed E-state index contributed by atoms with van der Waals surface area (Å²) in [6.45, 7) is 0. The maximum Gasteiger partial charge on any atom is 0.220 e. The van der Waals surface area contributed by atoms with E-state index in [4.69, 9.17) is 9.97 Å². The molecule has 6 heterocycles. The van der Waals surface area contributed by atoms with Crippen LogP contribution in [0.1, 0.15) is 0 Å². The summed E-state index contributed by atoms with van der Waals surface area (Å²) in [6.07, 6.45) is 3.85. The van der Waals surface area contributed by atoms with E-state index in [2.05, 4.69) is 161 Å². The van der Waals surface area contributed by atoms with Gasteiger partial charge in [-0.25, -0.2) is 9.97 Å². The van der Waals surface area contributed by atoms with Crippen molar-refractivity contribution in [1.29, 1.82) is 0 Å². The zero-order valence-electron chi connectivity index (χ0n) is 27.1. The van der Waals surface area contributed by atoms with E-state index >= 15 is 0 Å². The Morgan fingerprint density at radius 1 is 0.353 bits per heavy atom. The Labute approximate surface area is 289 Å². The number of rotatable bonds is 3. The number of hydrogen-bond acceptors (Lipinski definition) is 3. The highest BCUT2D eigenvalue weighted by molar-refractivity contribution is 6.09. The third kappa shape index (κ3) is 3.50. The number of nitrogens with zero attached hydrogens (tertiary/aromatic N) is 8. The van der Waals surface area contributed by atoms with Crippen LogP contribution in [0.2, 0.25) is 0 Å². The molecule has 0 aliphatic heterocycles. The highest BCUT2D eigenvalue weighted by Crippen LogP contribution is 2.37. The van der Waals surface area contributed by atoms with Crippen LogP contribution in [0.25, 0.3) is 94.6 Å². The average molecular weight is 655 g/mol. The number of fused-ring (bicyclic) bond motifs is 13. The van der Waals surface area contributed by atoms with E-state index in [0.29, 0.717) is 0 Å². The van der Waals surface area contributed by atoms with Gasteiger partial charge in [0.15, 0.2) is 0 Å². The fourth-order valence-electron chi connectivity index (χ4n) is 8.25. The molecule has 0 N–H and O–H groups in total. The first-order valence-corrected chi connectivity index (χ1v) is 17.0. The summed E-state index contributed by atoms with van der Waals surface area (Å²) in [6, 6.07) is 51.3. The van der Waals surface area contributed by atoms with Crippen molar-refractivity contribution in [3.05, 3.63) is 158 Å². The first kappa shape index (κ1) is 26.7. The number of benzene rings is 6. The minimum atomic E-state index is 0.888. The van der Waals surface area contributed by atoms with E-state index < -0.39 is 0 Å². The Hall–Kier alpha value is -7.19. The van der Waals surface area contributed by atoms with E-state index in [1.54, 1.807) is 0 Å². The average Bonchev–Trinajstić information content (AvgIpc) is 3.97. The van der Waals surface area contributed by atoms with Gasteiger partial charge in [0.1, 0.15) is 0 Å². The molecule has 0 radical (unpaired) electrons. The molecule has 0 aliphatic rings. The normalized spacial score (nSPS) is 12.3. The fraction of sp³-hybridized carbons (Fsp3) is 0. The van der Waals surface area contributed by atoms with E-state index in [0.717, 1.165) is 94.6 Å². The molecule has 0 aliphatic carbocycles. The van der Waals surface area contributed by atoms with Crippen molar-refractivity contribution in [3.8, 4) is 17.1 Å². The molecule has 8 heteroatoms. The van der Waals surface area contributed by atoms with Gasteiger partial charge in [-0.05, 0) is 84.9 Å². The number of pyridine rings is 1. The van der Waals surface area contributed by atoms with Gasteiger partial charge < -0.3 is 4.57 Å². The molecule has 0 unspecified atom stereocenters. The van der Waals surface area contributed by atoms with Gasteiger partial charge in [-0.1, -0.05) is 60.7 Å². The van der Waals surface area contributed by atoms with Crippen LogP contribution in [0.4, 0.5) is 0 Å². The molecule has 0 amide bonds. The van der Waals surface area contributed by atoms with E-state index in [-0.39, 0.29) is 0 Å². The minimum Gasteiger partial charge on any atom is -0.309 e. The minimum absolute atomic E-state index is 0.888. The van der Waals surface area contributed by atoms with Crippen LogP contribution in [-0.2, 0) is 0 Å². The largest absolute Gasteiger partial charge is 0.309 e. The quantitative estimate of drug-likeness (QED) is 0.191. The number of imidazole rings is 4. The first-order chi connectivity index (χ1) is 25.3. The number of para-hydroxylation sites is 8. The van der Waals surface area contributed by atoms with Crippen LogP contribution in [0, 0.1) is 0 Å². The van der Waals surface area contributed by atoms with Gasteiger partial charge in [0.05, 0.1) is 66.5 Å². The van der Waals surface area contributed by atoms with Crippen molar-refractivity contribution >= 4 is 77.5 Å². The van der Waals surface area contributed by atoms with E-state index in [1.165, 1.54) is 0 Å². The Morgan fingerprint density at radius 2 is 0.882 bits per heavy atom. The van der Waals surface area contributed by atoms with Crippen LogP contribution >= 0.6 is 0 Å². The molecule has 0 bridgehead atoms. The molecule has 6 aromatic carbocycles. The third-order valence-electron chi connectivity index (χ3n) is 10.4. The molecular formula is C43H26N8. The molecule has 51 heavy (non-hydrogen) atoms. The van der Waals surface area contributed by atoms with Crippen LogP contribution in [0.3, 0.4) is 0 Å². The smallest absolute Gasteiger partial charge is 0.220 e. The van der Waals surface area contributed by atoms with Gasteiger partial charge in [-0.2, -0.15) is 0 Å². The van der Waals surface area contributed by atoms with Crippen LogP contribution in [0.5, 0.6) is 0 Å². The van der Waals surface area contributed by atoms with Crippen LogP contribution < -0.4 is 0 Å². The highest BCUT2D eigenvalue weighted by Gasteiger charge is 2.21. The second-order valence-electron chi connectivity index (χ2n) is 13.1. The van der Waals surface area contributed by atoms with Gasteiger partial charge in [0, 0.05) is 28.9 Å². The van der Waals surface area contributed by atoms with Gasteiger partial charge in [0.2, 0.25) is 11.6 Å². The van der Waals surface area contributed by atoms with E-state index in [9.17, 15) is 0 Å². The van der Waals surface area contributed by atoms with Crippen LogP contribution in [0.15, 0.2) is 158 Å². The number of aromatic nitrogens is 8. The summed E-state index contributed by atoms with van der Waals surface area (Å²) in [5, 5.41) is 2.24. The van der Waals surface area contributed by atoms with Crippen LogP contribution in [-0.4, -0.2) is 37.5 Å². The molecule has 0 saturated carbocycles. The maximum absolute atomic E-state index is 5.14.